The molecule has 2 aromatic heterocycles. The zero-order valence-electron chi connectivity index (χ0n) is 15.2. The molecule has 1 fully saturated rings. The van der Waals surface area contributed by atoms with E-state index in [1.807, 2.05) is 51.0 Å². The van der Waals surface area contributed by atoms with Gasteiger partial charge in [0.1, 0.15) is 0 Å². The number of aryl methyl sites for hydroxylation is 1. The van der Waals surface area contributed by atoms with Gasteiger partial charge in [0, 0.05) is 32.1 Å². The van der Waals surface area contributed by atoms with Gasteiger partial charge in [0.25, 0.3) is 0 Å². The van der Waals surface area contributed by atoms with E-state index in [1.54, 1.807) is 6.33 Å². The smallest absolute Gasteiger partial charge is 0.168 e. The van der Waals surface area contributed by atoms with Crippen molar-refractivity contribution < 1.29 is 4.74 Å². The maximum atomic E-state index is 6.05. The summed E-state index contributed by atoms with van der Waals surface area (Å²) in [5.74, 6) is 2.18. The molecule has 2 aromatic rings. The molecule has 6 heteroatoms. The van der Waals surface area contributed by atoms with Crippen molar-refractivity contribution in [1.29, 1.82) is 0 Å². The Morgan fingerprint density at radius 3 is 2.67 bits per heavy atom. The number of nitrogens with one attached hydrogen (secondary N) is 2. The van der Waals surface area contributed by atoms with Crippen molar-refractivity contribution in [3.8, 4) is 17.0 Å². The van der Waals surface area contributed by atoms with Gasteiger partial charge in [0.05, 0.1) is 18.6 Å². The fourth-order valence-corrected chi connectivity index (χ4v) is 2.70. The number of ether oxygens (including phenoxy) is 1. The zero-order chi connectivity index (χ0) is 17.4. The van der Waals surface area contributed by atoms with Gasteiger partial charge in [-0.2, -0.15) is 0 Å². The Labute approximate surface area is 144 Å². The Bertz CT molecular complexity index is 620. The molecule has 0 atom stereocenters. The minimum absolute atomic E-state index is 0.615. The van der Waals surface area contributed by atoms with Crippen LogP contribution < -0.4 is 15.4 Å². The van der Waals surface area contributed by atoms with E-state index in [0.717, 1.165) is 42.5 Å². The van der Waals surface area contributed by atoms with Gasteiger partial charge < -0.3 is 19.9 Å². The molecule has 6 nitrogen and oxygen atoms in total. The molecule has 0 saturated carbocycles. The molecule has 0 radical (unpaired) electrons. The molecule has 3 heterocycles. The average molecular weight is 331 g/mol. The van der Waals surface area contributed by atoms with Crippen LogP contribution in [0.5, 0.6) is 5.75 Å². The number of hydrogen-bond donors (Lipinski definition) is 2. The summed E-state index contributed by atoms with van der Waals surface area (Å²) in [6.07, 6.45) is 7.93. The lowest BCUT2D eigenvalue weighted by molar-refractivity contribution is 0.215. The lowest BCUT2D eigenvalue weighted by atomic mass is 9.99. The van der Waals surface area contributed by atoms with Crippen LogP contribution in [0.4, 0.5) is 5.82 Å². The second kappa shape index (κ2) is 9.27. The molecule has 132 valence electrons. The monoisotopic (exact) mass is 331 g/mol. The summed E-state index contributed by atoms with van der Waals surface area (Å²) in [6, 6.07) is 2.02. The predicted molar refractivity (Wildman–Crippen MR) is 98.4 cm³/mol. The predicted octanol–water partition coefficient (Wildman–Crippen LogP) is 2.93. The SMILES string of the molecule is CC.CNc1ncc(-c2cn(C)cn2)cc1OCC1CCNCC1. The number of hydrogen-bond acceptors (Lipinski definition) is 5. The Balaban J connectivity index is 0.00000100. The van der Waals surface area contributed by atoms with Crippen LogP contribution in [0.15, 0.2) is 24.8 Å². The Kier molecular flexibility index (Phi) is 7.06. The van der Waals surface area contributed by atoms with E-state index in [2.05, 4.69) is 20.6 Å². The molecular weight excluding hydrogens is 302 g/mol. The third-order valence-electron chi connectivity index (χ3n) is 4.02. The van der Waals surface area contributed by atoms with Crippen molar-refractivity contribution >= 4 is 5.82 Å². The minimum atomic E-state index is 0.615. The standard InChI is InChI=1S/C16H23N5O.C2H6/c1-17-16-15(22-10-12-3-5-18-6-4-12)7-13(8-19-16)14-9-21(2)11-20-14;1-2/h7-9,11-12,18H,3-6,10H2,1-2H3,(H,17,19);1-2H3. The van der Waals surface area contributed by atoms with Gasteiger partial charge in [-0.15, -0.1) is 0 Å². The van der Waals surface area contributed by atoms with E-state index in [4.69, 9.17) is 4.74 Å². The van der Waals surface area contributed by atoms with Crippen molar-refractivity contribution in [2.45, 2.75) is 26.7 Å². The van der Waals surface area contributed by atoms with Crippen LogP contribution in [-0.4, -0.2) is 41.3 Å². The van der Waals surface area contributed by atoms with Crippen molar-refractivity contribution in [1.82, 2.24) is 19.9 Å². The first kappa shape index (κ1) is 18.3. The van der Waals surface area contributed by atoms with Gasteiger partial charge in [-0.25, -0.2) is 9.97 Å². The Hall–Kier alpha value is -2.08. The number of piperidine rings is 1. The van der Waals surface area contributed by atoms with Crippen molar-refractivity contribution in [2.24, 2.45) is 13.0 Å². The molecule has 0 aromatic carbocycles. The summed E-state index contributed by atoms with van der Waals surface area (Å²) in [5, 5.41) is 6.47. The molecule has 3 rings (SSSR count). The van der Waals surface area contributed by atoms with Gasteiger partial charge >= 0.3 is 0 Å². The molecule has 2 N–H and O–H groups in total. The molecule has 0 aliphatic carbocycles. The van der Waals surface area contributed by atoms with Crippen molar-refractivity contribution in [3.05, 3.63) is 24.8 Å². The second-order valence-corrected chi connectivity index (χ2v) is 5.75. The number of nitrogens with zero attached hydrogens (tertiary/aromatic N) is 3. The first-order valence-corrected chi connectivity index (χ1v) is 8.76. The number of pyridine rings is 1. The summed E-state index contributed by atoms with van der Waals surface area (Å²) in [7, 11) is 3.82. The summed E-state index contributed by atoms with van der Waals surface area (Å²) >= 11 is 0. The highest BCUT2D eigenvalue weighted by Crippen LogP contribution is 2.28. The quantitative estimate of drug-likeness (QED) is 0.882. The first-order chi connectivity index (χ1) is 11.8. The molecule has 1 aliphatic rings. The van der Waals surface area contributed by atoms with E-state index < -0.39 is 0 Å². The highest BCUT2D eigenvalue weighted by molar-refractivity contribution is 5.64. The Morgan fingerprint density at radius 1 is 1.29 bits per heavy atom. The summed E-state index contributed by atoms with van der Waals surface area (Å²) in [4.78, 5) is 8.82. The highest BCUT2D eigenvalue weighted by atomic mass is 16.5. The summed E-state index contributed by atoms with van der Waals surface area (Å²) < 4.78 is 7.98. The lowest BCUT2D eigenvalue weighted by Gasteiger charge is -2.23. The van der Waals surface area contributed by atoms with Gasteiger partial charge in [-0.1, -0.05) is 13.8 Å². The maximum Gasteiger partial charge on any atom is 0.168 e. The van der Waals surface area contributed by atoms with Crippen molar-refractivity contribution in [2.75, 3.05) is 32.1 Å². The summed E-state index contributed by atoms with van der Waals surface area (Å²) in [5.41, 5.74) is 1.88. The average Bonchev–Trinajstić information content (AvgIpc) is 3.08. The molecule has 0 bridgehead atoms. The van der Waals surface area contributed by atoms with Crippen LogP contribution in [0.25, 0.3) is 11.3 Å². The lowest BCUT2D eigenvalue weighted by Crippen LogP contribution is -2.30. The van der Waals surface area contributed by atoms with Crippen LogP contribution in [0, 0.1) is 5.92 Å². The molecule has 0 amide bonds. The fraction of sp³-hybridized carbons (Fsp3) is 0.556. The normalized spacial score (nSPS) is 14.7. The van der Waals surface area contributed by atoms with Gasteiger partial charge in [-0.05, 0) is 37.9 Å². The molecular formula is C18H29N5O. The van der Waals surface area contributed by atoms with Gasteiger partial charge in [0.15, 0.2) is 11.6 Å². The Morgan fingerprint density at radius 2 is 2.04 bits per heavy atom. The second-order valence-electron chi connectivity index (χ2n) is 5.75. The molecule has 24 heavy (non-hydrogen) atoms. The van der Waals surface area contributed by atoms with Crippen LogP contribution >= 0.6 is 0 Å². The fourth-order valence-electron chi connectivity index (χ4n) is 2.70. The summed E-state index contributed by atoms with van der Waals surface area (Å²) in [6.45, 7) is 6.90. The maximum absolute atomic E-state index is 6.05. The van der Waals surface area contributed by atoms with E-state index in [-0.39, 0.29) is 0 Å². The third kappa shape index (κ3) is 4.71. The van der Waals surface area contributed by atoms with Crippen LogP contribution in [-0.2, 0) is 7.05 Å². The first-order valence-electron chi connectivity index (χ1n) is 8.76. The number of aromatic nitrogens is 3. The van der Waals surface area contributed by atoms with Crippen LogP contribution in [0.3, 0.4) is 0 Å². The zero-order valence-corrected chi connectivity index (χ0v) is 15.2. The van der Waals surface area contributed by atoms with E-state index in [0.29, 0.717) is 5.92 Å². The number of anilines is 1. The third-order valence-corrected chi connectivity index (χ3v) is 4.02. The number of imidazole rings is 1. The molecule has 1 saturated heterocycles. The van der Waals surface area contributed by atoms with E-state index in [9.17, 15) is 0 Å². The number of rotatable bonds is 5. The highest BCUT2D eigenvalue weighted by Gasteiger charge is 2.15. The molecule has 1 aliphatic heterocycles. The van der Waals surface area contributed by atoms with Crippen molar-refractivity contribution in [3.63, 3.8) is 0 Å². The van der Waals surface area contributed by atoms with E-state index >= 15 is 0 Å². The topological polar surface area (TPSA) is 64.0 Å². The van der Waals surface area contributed by atoms with Gasteiger partial charge in [-0.3, -0.25) is 0 Å². The van der Waals surface area contributed by atoms with E-state index in [1.165, 1.54) is 12.8 Å². The van der Waals surface area contributed by atoms with Crippen LogP contribution in [0.2, 0.25) is 0 Å². The molecule has 0 spiro atoms. The van der Waals surface area contributed by atoms with Gasteiger partial charge in [0.2, 0.25) is 0 Å². The largest absolute Gasteiger partial charge is 0.489 e. The minimum Gasteiger partial charge on any atom is -0.489 e. The molecule has 0 unspecified atom stereocenters. The van der Waals surface area contributed by atoms with Crippen LogP contribution in [0.1, 0.15) is 26.7 Å².